The number of hydrogen-bond acceptors (Lipinski definition) is 4. The van der Waals surface area contributed by atoms with Crippen molar-refractivity contribution >= 4 is 39.5 Å². The summed E-state index contributed by atoms with van der Waals surface area (Å²) in [5.41, 5.74) is 0.726. The van der Waals surface area contributed by atoms with Crippen LogP contribution in [0.5, 0.6) is 0 Å². The molecule has 1 spiro atoms. The van der Waals surface area contributed by atoms with Gasteiger partial charge in [0.25, 0.3) is 5.91 Å². The van der Waals surface area contributed by atoms with Crippen LogP contribution in [0.25, 0.3) is 0 Å². The number of carbonyl (C=O) groups excluding carboxylic acids is 3. The fourth-order valence-electron chi connectivity index (χ4n) is 3.95. The number of piperidine rings is 1. The van der Waals surface area contributed by atoms with Crippen LogP contribution >= 0.6 is 15.9 Å². The molecule has 2 heterocycles. The molecular weight excluding hydrogens is 448 g/mol. The van der Waals surface area contributed by atoms with E-state index in [1.54, 1.807) is 4.90 Å². The molecule has 0 radical (unpaired) electrons. The average molecular weight is 471 g/mol. The minimum absolute atomic E-state index is 0.296. The van der Waals surface area contributed by atoms with Gasteiger partial charge in [0.05, 0.1) is 6.54 Å². The lowest BCUT2D eigenvalue weighted by Gasteiger charge is -2.31. The third-order valence-electron chi connectivity index (χ3n) is 5.55. The van der Waals surface area contributed by atoms with Crippen LogP contribution < -0.4 is 15.5 Å². The number of hydrogen-bond donors (Lipinski definition) is 2. The molecule has 2 saturated heterocycles. The first-order valence-electron chi connectivity index (χ1n) is 9.93. The highest BCUT2D eigenvalue weighted by Gasteiger charge is 2.52. The molecule has 2 aliphatic heterocycles. The van der Waals surface area contributed by atoms with E-state index in [1.165, 1.54) is 0 Å². The van der Waals surface area contributed by atoms with E-state index in [4.69, 9.17) is 0 Å². The van der Waals surface area contributed by atoms with Gasteiger partial charge in [0.2, 0.25) is 5.91 Å². The lowest BCUT2D eigenvalue weighted by atomic mass is 9.90. The Labute approximate surface area is 183 Å². The highest BCUT2D eigenvalue weighted by molar-refractivity contribution is 9.10. The number of nitrogens with one attached hydrogen (secondary N) is 2. The first kappa shape index (κ1) is 20.6. The van der Waals surface area contributed by atoms with Crippen LogP contribution in [0.15, 0.2) is 59.1 Å². The second-order valence-electron chi connectivity index (χ2n) is 7.63. The molecule has 2 aromatic rings. The van der Waals surface area contributed by atoms with E-state index in [-0.39, 0.29) is 18.4 Å². The van der Waals surface area contributed by atoms with Crippen LogP contribution in [0.3, 0.4) is 0 Å². The molecular formula is C22H23BrN4O3. The number of halogens is 1. The fraction of sp³-hybridized carbons (Fsp3) is 0.318. The first-order chi connectivity index (χ1) is 14.5. The maximum absolute atomic E-state index is 13.3. The summed E-state index contributed by atoms with van der Waals surface area (Å²) in [6.45, 7) is 1.26. The molecule has 0 aromatic heterocycles. The minimum Gasteiger partial charge on any atom is -0.322 e. The normalized spacial score (nSPS) is 21.0. The van der Waals surface area contributed by atoms with Crippen LogP contribution in [-0.4, -0.2) is 47.9 Å². The van der Waals surface area contributed by atoms with Crippen LogP contribution in [0.4, 0.5) is 10.5 Å². The zero-order valence-corrected chi connectivity index (χ0v) is 18.0. The molecule has 156 valence electrons. The Balaban J connectivity index is 1.56. The van der Waals surface area contributed by atoms with Crippen molar-refractivity contribution in [1.82, 2.24) is 15.5 Å². The number of nitrogens with zero attached hydrogens (tertiary/aromatic N) is 2. The standard InChI is InChI=1S/C22H23BrN4O3/c23-17-7-9-18(10-8-17)26(13-16-5-2-1-3-6-16)19(28)14-27-20(29)22(25-21(27)30)11-4-12-24-15-22/h1-3,5-10,24H,4,11-15H2,(H,25,30). The summed E-state index contributed by atoms with van der Waals surface area (Å²) in [4.78, 5) is 41.5. The first-order valence-corrected chi connectivity index (χ1v) is 10.7. The van der Waals surface area contributed by atoms with Gasteiger partial charge in [-0.2, -0.15) is 0 Å². The topological polar surface area (TPSA) is 81.8 Å². The van der Waals surface area contributed by atoms with Gasteiger partial charge in [-0.3, -0.25) is 14.5 Å². The Morgan fingerprint density at radius 3 is 2.50 bits per heavy atom. The van der Waals surface area contributed by atoms with Gasteiger partial charge in [-0.25, -0.2) is 4.79 Å². The van der Waals surface area contributed by atoms with Crippen molar-refractivity contribution in [3.05, 3.63) is 64.6 Å². The molecule has 2 aromatic carbocycles. The fourth-order valence-corrected chi connectivity index (χ4v) is 4.21. The van der Waals surface area contributed by atoms with E-state index >= 15 is 0 Å². The zero-order valence-electron chi connectivity index (χ0n) is 16.4. The quantitative estimate of drug-likeness (QED) is 0.658. The minimum atomic E-state index is -0.933. The van der Waals surface area contributed by atoms with Crippen LogP contribution in [0.2, 0.25) is 0 Å². The van der Waals surface area contributed by atoms with Crippen molar-refractivity contribution < 1.29 is 14.4 Å². The van der Waals surface area contributed by atoms with Crippen LogP contribution in [-0.2, 0) is 16.1 Å². The maximum Gasteiger partial charge on any atom is 0.325 e. The summed E-state index contributed by atoms with van der Waals surface area (Å²) in [6.07, 6.45) is 1.38. The largest absolute Gasteiger partial charge is 0.325 e. The van der Waals surface area contributed by atoms with Crippen molar-refractivity contribution in [3.8, 4) is 0 Å². The number of amides is 4. The van der Waals surface area contributed by atoms with E-state index < -0.39 is 11.6 Å². The van der Waals surface area contributed by atoms with Gasteiger partial charge in [0.15, 0.2) is 0 Å². The smallest absolute Gasteiger partial charge is 0.322 e. The van der Waals surface area contributed by atoms with Gasteiger partial charge in [-0.05, 0) is 49.2 Å². The molecule has 4 amide bonds. The Morgan fingerprint density at radius 1 is 1.10 bits per heavy atom. The number of urea groups is 1. The van der Waals surface area contributed by atoms with Crippen molar-refractivity contribution in [2.75, 3.05) is 24.5 Å². The number of imide groups is 1. The SMILES string of the molecule is O=C1NC2(CCCNC2)C(=O)N1CC(=O)N(Cc1ccccc1)c1ccc(Br)cc1. The molecule has 2 aliphatic rings. The van der Waals surface area contributed by atoms with Crippen LogP contribution in [0, 0.1) is 0 Å². The summed E-state index contributed by atoms with van der Waals surface area (Å²) >= 11 is 3.41. The van der Waals surface area contributed by atoms with Crippen LogP contribution in [0.1, 0.15) is 18.4 Å². The molecule has 2 fully saturated rings. The Kier molecular flexibility index (Phi) is 5.87. The van der Waals surface area contributed by atoms with Crippen molar-refractivity contribution in [1.29, 1.82) is 0 Å². The second kappa shape index (κ2) is 8.57. The Hall–Kier alpha value is -2.71. The Morgan fingerprint density at radius 2 is 1.83 bits per heavy atom. The number of carbonyl (C=O) groups is 3. The molecule has 0 saturated carbocycles. The second-order valence-corrected chi connectivity index (χ2v) is 8.54. The molecule has 1 atom stereocenters. The lowest BCUT2D eigenvalue weighted by Crippen LogP contribution is -2.57. The highest BCUT2D eigenvalue weighted by Crippen LogP contribution is 2.26. The summed E-state index contributed by atoms with van der Waals surface area (Å²) in [5.74, 6) is -0.644. The molecule has 0 aliphatic carbocycles. The molecule has 7 nitrogen and oxygen atoms in total. The molecule has 0 bridgehead atoms. The third kappa shape index (κ3) is 4.11. The monoisotopic (exact) mass is 470 g/mol. The van der Waals surface area contributed by atoms with Crippen molar-refractivity contribution in [2.24, 2.45) is 0 Å². The third-order valence-corrected chi connectivity index (χ3v) is 6.07. The van der Waals surface area contributed by atoms with Crippen molar-refractivity contribution in [2.45, 2.75) is 24.9 Å². The zero-order chi connectivity index (χ0) is 21.1. The van der Waals surface area contributed by atoms with E-state index in [0.717, 1.165) is 27.9 Å². The van der Waals surface area contributed by atoms with E-state index in [1.807, 2.05) is 54.6 Å². The number of benzene rings is 2. The van der Waals surface area contributed by atoms with Crippen molar-refractivity contribution in [3.63, 3.8) is 0 Å². The van der Waals surface area contributed by atoms with Gasteiger partial charge in [0.1, 0.15) is 12.1 Å². The van der Waals surface area contributed by atoms with Gasteiger partial charge >= 0.3 is 6.03 Å². The number of rotatable bonds is 5. The predicted molar refractivity (Wildman–Crippen MR) is 117 cm³/mol. The van der Waals surface area contributed by atoms with Gasteiger partial charge in [-0.15, -0.1) is 0 Å². The average Bonchev–Trinajstić information content (AvgIpc) is 2.98. The summed E-state index contributed by atoms with van der Waals surface area (Å²) < 4.78 is 0.902. The van der Waals surface area contributed by atoms with E-state index in [0.29, 0.717) is 25.2 Å². The van der Waals surface area contributed by atoms with E-state index in [2.05, 4.69) is 26.6 Å². The van der Waals surface area contributed by atoms with Gasteiger partial charge in [0, 0.05) is 16.7 Å². The molecule has 8 heteroatoms. The van der Waals surface area contributed by atoms with Gasteiger partial charge in [-0.1, -0.05) is 46.3 Å². The molecule has 4 rings (SSSR count). The molecule has 30 heavy (non-hydrogen) atoms. The maximum atomic E-state index is 13.3. The highest BCUT2D eigenvalue weighted by atomic mass is 79.9. The Bertz CT molecular complexity index is 943. The van der Waals surface area contributed by atoms with Gasteiger partial charge < -0.3 is 15.5 Å². The lowest BCUT2D eigenvalue weighted by molar-refractivity contribution is -0.134. The summed E-state index contributed by atoms with van der Waals surface area (Å²) in [5, 5.41) is 5.98. The number of anilines is 1. The summed E-state index contributed by atoms with van der Waals surface area (Å²) in [7, 11) is 0. The van der Waals surface area contributed by atoms with E-state index in [9.17, 15) is 14.4 Å². The molecule has 2 N–H and O–H groups in total. The predicted octanol–water partition coefficient (Wildman–Crippen LogP) is 2.66. The summed E-state index contributed by atoms with van der Waals surface area (Å²) in [6, 6.07) is 16.5. The molecule has 1 unspecified atom stereocenters.